The first kappa shape index (κ1) is 9.92. The fourth-order valence-corrected chi connectivity index (χ4v) is 1.65. The van der Waals surface area contributed by atoms with Gasteiger partial charge in [0.15, 0.2) is 0 Å². The standard InChI is InChI=1S/C9H10O3S/c1-2-12-9(11)8(5-10)7-3-4-13-6-7/h3-6,8H,2H2,1H3. The number of hydrogen-bond acceptors (Lipinski definition) is 4. The predicted octanol–water partition coefficient (Wildman–Crippen LogP) is 1.59. The number of rotatable bonds is 4. The summed E-state index contributed by atoms with van der Waals surface area (Å²) >= 11 is 1.45. The van der Waals surface area contributed by atoms with Crippen LogP contribution in [0.3, 0.4) is 0 Å². The van der Waals surface area contributed by atoms with Crippen LogP contribution in [0.25, 0.3) is 0 Å². The van der Waals surface area contributed by atoms with Crippen LogP contribution in [0, 0.1) is 0 Å². The van der Waals surface area contributed by atoms with Crippen molar-refractivity contribution in [1.29, 1.82) is 0 Å². The molecule has 0 aromatic carbocycles. The summed E-state index contributed by atoms with van der Waals surface area (Å²) in [5, 5.41) is 3.60. The smallest absolute Gasteiger partial charge is 0.320 e. The zero-order chi connectivity index (χ0) is 9.68. The Kier molecular flexibility index (Phi) is 3.64. The second-order valence-electron chi connectivity index (χ2n) is 2.42. The highest BCUT2D eigenvalue weighted by molar-refractivity contribution is 7.08. The minimum atomic E-state index is -0.758. The summed E-state index contributed by atoms with van der Waals surface area (Å²) in [7, 11) is 0. The molecule has 4 heteroatoms. The lowest BCUT2D eigenvalue weighted by atomic mass is 10.1. The lowest BCUT2D eigenvalue weighted by Crippen LogP contribution is -2.16. The zero-order valence-electron chi connectivity index (χ0n) is 7.23. The van der Waals surface area contributed by atoms with Crippen LogP contribution >= 0.6 is 11.3 Å². The lowest BCUT2D eigenvalue weighted by Gasteiger charge is -2.06. The summed E-state index contributed by atoms with van der Waals surface area (Å²) in [5.41, 5.74) is 0.707. The van der Waals surface area contributed by atoms with Crippen molar-refractivity contribution in [3.05, 3.63) is 22.4 Å². The molecule has 0 saturated carbocycles. The molecule has 0 saturated heterocycles. The van der Waals surface area contributed by atoms with Crippen LogP contribution in [0.15, 0.2) is 16.8 Å². The van der Waals surface area contributed by atoms with E-state index >= 15 is 0 Å². The Morgan fingerprint density at radius 2 is 2.54 bits per heavy atom. The molecule has 70 valence electrons. The van der Waals surface area contributed by atoms with Gasteiger partial charge < -0.3 is 9.53 Å². The normalized spacial score (nSPS) is 12.1. The summed E-state index contributed by atoms with van der Waals surface area (Å²) in [6.45, 7) is 2.01. The Hall–Kier alpha value is -1.16. The van der Waals surface area contributed by atoms with E-state index in [1.807, 2.05) is 5.38 Å². The van der Waals surface area contributed by atoms with Crippen molar-refractivity contribution in [3.8, 4) is 0 Å². The highest BCUT2D eigenvalue weighted by Gasteiger charge is 2.21. The van der Waals surface area contributed by atoms with Gasteiger partial charge in [0.05, 0.1) is 6.61 Å². The van der Waals surface area contributed by atoms with Gasteiger partial charge in [-0.15, -0.1) is 0 Å². The second-order valence-corrected chi connectivity index (χ2v) is 3.20. The Labute approximate surface area is 80.3 Å². The molecule has 1 aromatic rings. The fraction of sp³-hybridized carbons (Fsp3) is 0.333. The molecule has 0 radical (unpaired) electrons. The number of carbonyl (C=O) groups excluding carboxylic acids is 2. The molecule has 1 atom stereocenters. The van der Waals surface area contributed by atoms with Gasteiger partial charge in [-0.2, -0.15) is 11.3 Å². The van der Waals surface area contributed by atoms with Crippen molar-refractivity contribution in [1.82, 2.24) is 0 Å². The van der Waals surface area contributed by atoms with Gasteiger partial charge in [0, 0.05) is 0 Å². The molecule has 3 nitrogen and oxygen atoms in total. The monoisotopic (exact) mass is 198 g/mol. The van der Waals surface area contributed by atoms with Gasteiger partial charge >= 0.3 is 5.97 Å². The predicted molar refractivity (Wildman–Crippen MR) is 49.8 cm³/mol. The number of aldehydes is 1. The van der Waals surface area contributed by atoms with Gasteiger partial charge in [-0.3, -0.25) is 4.79 Å². The highest BCUT2D eigenvalue weighted by Crippen LogP contribution is 2.18. The van der Waals surface area contributed by atoms with Gasteiger partial charge in [-0.05, 0) is 29.3 Å². The first-order valence-electron chi connectivity index (χ1n) is 3.93. The molecule has 0 fully saturated rings. The number of hydrogen-bond donors (Lipinski definition) is 0. The lowest BCUT2D eigenvalue weighted by molar-refractivity contribution is -0.145. The summed E-state index contributed by atoms with van der Waals surface area (Å²) < 4.78 is 4.75. The largest absolute Gasteiger partial charge is 0.465 e. The third kappa shape index (κ3) is 2.39. The van der Waals surface area contributed by atoms with Gasteiger partial charge in [-0.25, -0.2) is 0 Å². The van der Waals surface area contributed by atoms with E-state index in [1.54, 1.807) is 18.4 Å². The van der Waals surface area contributed by atoms with E-state index in [0.717, 1.165) is 0 Å². The molecule has 1 rings (SSSR count). The average molecular weight is 198 g/mol. The summed E-state index contributed by atoms with van der Waals surface area (Å²) in [4.78, 5) is 21.8. The maximum atomic E-state index is 11.2. The number of ether oxygens (including phenoxy) is 1. The van der Waals surface area contributed by atoms with Crippen LogP contribution < -0.4 is 0 Å². The first-order chi connectivity index (χ1) is 6.29. The number of carbonyl (C=O) groups is 2. The molecule has 0 aliphatic carbocycles. The van der Waals surface area contributed by atoms with Gasteiger partial charge in [-0.1, -0.05) is 0 Å². The van der Waals surface area contributed by atoms with E-state index in [4.69, 9.17) is 4.74 Å². The van der Waals surface area contributed by atoms with Crippen LogP contribution in [-0.2, 0) is 14.3 Å². The van der Waals surface area contributed by atoms with Crippen LogP contribution in [0.4, 0.5) is 0 Å². The molecule has 0 amide bonds. The summed E-state index contributed by atoms with van der Waals surface area (Å²) in [6.07, 6.45) is 0.611. The molecule has 0 bridgehead atoms. The summed E-state index contributed by atoms with van der Waals surface area (Å²) in [5.74, 6) is -1.23. The van der Waals surface area contributed by atoms with Crippen molar-refractivity contribution in [3.63, 3.8) is 0 Å². The number of thiophene rings is 1. The molecular weight excluding hydrogens is 188 g/mol. The molecule has 0 N–H and O–H groups in total. The third-order valence-corrected chi connectivity index (χ3v) is 2.28. The molecule has 0 aliphatic rings. The zero-order valence-corrected chi connectivity index (χ0v) is 8.04. The maximum absolute atomic E-state index is 11.2. The maximum Gasteiger partial charge on any atom is 0.320 e. The van der Waals surface area contributed by atoms with E-state index in [1.165, 1.54) is 11.3 Å². The molecule has 1 unspecified atom stereocenters. The van der Waals surface area contributed by atoms with Crippen LogP contribution in [0.5, 0.6) is 0 Å². The second kappa shape index (κ2) is 4.77. The highest BCUT2D eigenvalue weighted by atomic mass is 32.1. The molecule has 1 heterocycles. The summed E-state index contributed by atoms with van der Waals surface area (Å²) in [6, 6.07) is 1.75. The van der Waals surface area contributed by atoms with Crippen molar-refractivity contribution in [2.45, 2.75) is 12.8 Å². The van der Waals surface area contributed by atoms with Gasteiger partial charge in [0.1, 0.15) is 12.2 Å². The van der Waals surface area contributed by atoms with Crippen molar-refractivity contribution in [2.24, 2.45) is 0 Å². The van der Waals surface area contributed by atoms with Gasteiger partial charge in [0.25, 0.3) is 0 Å². The molecule has 0 spiro atoms. The minimum Gasteiger partial charge on any atom is -0.465 e. The van der Waals surface area contributed by atoms with Crippen molar-refractivity contribution < 1.29 is 14.3 Å². The molecular formula is C9H10O3S. The van der Waals surface area contributed by atoms with Crippen molar-refractivity contribution >= 4 is 23.6 Å². The SMILES string of the molecule is CCOC(=O)C(C=O)c1ccsc1. The fourth-order valence-electron chi connectivity index (χ4n) is 0.954. The topological polar surface area (TPSA) is 43.4 Å². The van der Waals surface area contributed by atoms with E-state index in [-0.39, 0.29) is 0 Å². The van der Waals surface area contributed by atoms with E-state index in [0.29, 0.717) is 18.5 Å². The van der Waals surface area contributed by atoms with E-state index in [2.05, 4.69) is 0 Å². The Balaban J connectivity index is 2.74. The Morgan fingerprint density at radius 1 is 1.77 bits per heavy atom. The van der Waals surface area contributed by atoms with Crippen molar-refractivity contribution in [2.75, 3.05) is 6.61 Å². The quantitative estimate of drug-likeness (QED) is 0.419. The number of esters is 1. The molecule has 0 aliphatic heterocycles. The minimum absolute atomic E-state index is 0.299. The molecule has 1 aromatic heterocycles. The van der Waals surface area contributed by atoms with Crippen LogP contribution in [0.1, 0.15) is 18.4 Å². The van der Waals surface area contributed by atoms with Crippen LogP contribution in [-0.4, -0.2) is 18.9 Å². The Bertz CT molecular complexity index is 279. The Morgan fingerprint density at radius 3 is 3.00 bits per heavy atom. The van der Waals surface area contributed by atoms with Crippen LogP contribution in [0.2, 0.25) is 0 Å². The van der Waals surface area contributed by atoms with Gasteiger partial charge in [0.2, 0.25) is 0 Å². The van der Waals surface area contributed by atoms with E-state index < -0.39 is 11.9 Å². The first-order valence-corrected chi connectivity index (χ1v) is 4.88. The molecule has 13 heavy (non-hydrogen) atoms. The third-order valence-electron chi connectivity index (χ3n) is 1.58. The van der Waals surface area contributed by atoms with E-state index in [9.17, 15) is 9.59 Å². The average Bonchev–Trinajstić information content (AvgIpc) is 2.59.